The van der Waals surface area contributed by atoms with Gasteiger partial charge in [0.2, 0.25) is 10.0 Å². The van der Waals surface area contributed by atoms with Crippen LogP contribution >= 0.6 is 0 Å². The van der Waals surface area contributed by atoms with Crippen molar-refractivity contribution < 1.29 is 13.2 Å². The zero-order valence-corrected chi connectivity index (χ0v) is 14.1. The van der Waals surface area contributed by atoms with Crippen molar-refractivity contribution in [3.05, 3.63) is 0 Å². The lowest BCUT2D eigenvalue weighted by molar-refractivity contribution is -0.125. The molecule has 4 nitrogen and oxygen atoms in total. The van der Waals surface area contributed by atoms with Crippen LogP contribution < -0.4 is 4.72 Å². The van der Waals surface area contributed by atoms with E-state index in [1.165, 1.54) is 0 Å². The minimum Gasteiger partial charge on any atom is -0.298 e. The van der Waals surface area contributed by atoms with Gasteiger partial charge in [0, 0.05) is 5.41 Å². The van der Waals surface area contributed by atoms with Gasteiger partial charge in [0.15, 0.2) is 5.78 Å². The molecule has 0 unspecified atom stereocenters. The van der Waals surface area contributed by atoms with E-state index in [-0.39, 0.29) is 24.0 Å². The molecule has 0 heterocycles. The highest BCUT2D eigenvalue weighted by atomic mass is 32.2. The summed E-state index contributed by atoms with van der Waals surface area (Å²) in [5.74, 6) is 0.688. The third kappa shape index (κ3) is 7.06. The fourth-order valence-corrected chi connectivity index (χ4v) is 3.65. The number of Topliss-reactive ketones (excluding diaryl/α,β-unsaturated/α-hetero) is 1. The van der Waals surface area contributed by atoms with E-state index in [1.54, 1.807) is 20.8 Å². The molecule has 0 spiro atoms. The summed E-state index contributed by atoms with van der Waals surface area (Å²) in [7, 11) is -3.40. The number of carbonyl (C=O) groups is 1. The van der Waals surface area contributed by atoms with E-state index in [9.17, 15) is 13.2 Å². The van der Waals surface area contributed by atoms with Gasteiger partial charge >= 0.3 is 0 Å². The van der Waals surface area contributed by atoms with Crippen LogP contribution in [0.5, 0.6) is 0 Å². The molecule has 0 aromatic heterocycles. The standard InChI is InChI=1S/C14H29NO3S/c1-10(2)12(11(3)4)9-19(17,18)15-8-13(16)14(5,6)7/h10-12,15H,8-9H2,1-7H3. The highest BCUT2D eigenvalue weighted by molar-refractivity contribution is 7.89. The van der Waals surface area contributed by atoms with Crippen molar-refractivity contribution in [3.63, 3.8) is 0 Å². The first-order valence-corrected chi connectivity index (χ1v) is 8.52. The van der Waals surface area contributed by atoms with Gasteiger partial charge in [0.05, 0.1) is 12.3 Å². The molecule has 0 saturated carbocycles. The van der Waals surface area contributed by atoms with E-state index in [4.69, 9.17) is 0 Å². The molecule has 0 aromatic rings. The summed E-state index contributed by atoms with van der Waals surface area (Å²) in [5.41, 5.74) is -0.516. The molecular weight excluding hydrogens is 262 g/mol. The van der Waals surface area contributed by atoms with Crippen molar-refractivity contribution in [2.24, 2.45) is 23.2 Å². The molecule has 114 valence electrons. The number of nitrogens with one attached hydrogen (secondary N) is 1. The minimum absolute atomic E-state index is 0.0831. The lowest BCUT2D eigenvalue weighted by atomic mass is 9.87. The fourth-order valence-electron chi connectivity index (χ4n) is 1.91. The van der Waals surface area contributed by atoms with Gasteiger partial charge in [-0.05, 0) is 17.8 Å². The molecule has 0 rings (SSSR count). The van der Waals surface area contributed by atoms with Gasteiger partial charge in [-0.15, -0.1) is 0 Å². The Morgan fingerprint density at radius 2 is 1.47 bits per heavy atom. The van der Waals surface area contributed by atoms with Gasteiger partial charge in [0.1, 0.15) is 0 Å². The molecule has 0 radical (unpaired) electrons. The average molecular weight is 291 g/mol. The number of rotatable bonds is 7. The topological polar surface area (TPSA) is 63.2 Å². The van der Waals surface area contributed by atoms with Crippen LogP contribution in [0.2, 0.25) is 0 Å². The summed E-state index contributed by atoms with van der Waals surface area (Å²) in [6.45, 7) is 13.4. The monoisotopic (exact) mass is 291 g/mol. The van der Waals surface area contributed by atoms with Crippen molar-refractivity contribution in [2.75, 3.05) is 12.3 Å². The predicted molar refractivity (Wildman–Crippen MR) is 79.4 cm³/mol. The van der Waals surface area contributed by atoms with E-state index < -0.39 is 15.4 Å². The molecule has 0 bridgehead atoms. The number of sulfonamides is 1. The first-order valence-electron chi connectivity index (χ1n) is 6.87. The maximum absolute atomic E-state index is 12.0. The van der Waals surface area contributed by atoms with Gasteiger partial charge in [-0.25, -0.2) is 13.1 Å². The van der Waals surface area contributed by atoms with Crippen LogP contribution in [0.4, 0.5) is 0 Å². The van der Waals surface area contributed by atoms with Gasteiger partial charge < -0.3 is 0 Å². The molecule has 5 heteroatoms. The zero-order valence-electron chi connectivity index (χ0n) is 13.3. The second kappa shape index (κ2) is 6.84. The number of hydrogen-bond acceptors (Lipinski definition) is 3. The minimum atomic E-state index is -3.40. The van der Waals surface area contributed by atoms with Crippen LogP contribution in [0.25, 0.3) is 0 Å². The Balaban J connectivity index is 4.61. The molecule has 0 aromatic carbocycles. The third-order valence-electron chi connectivity index (χ3n) is 3.41. The summed E-state index contributed by atoms with van der Waals surface area (Å²) in [6.07, 6.45) is 0. The molecule has 1 N–H and O–H groups in total. The summed E-state index contributed by atoms with van der Waals surface area (Å²) in [6, 6.07) is 0. The molecule has 19 heavy (non-hydrogen) atoms. The Morgan fingerprint density at radius 1 is 1.05 bits per heavy atom. The lowest BCUT2D eigenvalue weighted by Crippen LogP contribution is -2.39. The summed E-state index contributed by atoms with van der Waals surface area (Å²) >= 11 is 0. The van der Waals surface area contributed by atoms with Gasteiger partial charge in [-0.1, -0.05) is 48.5 Å². The Morgan fingerprint density at radius 3 is 1.79 bits per heavy atom. The lowest BCUT2D eigenvalue weighted by Gasteiger charge is -2.25. The quantitative estimate of drug-likeness (QED) is 0.783. The van der Waals surface area contributed by atoms with Gasteiger partial charge in [0.25, 0.3) is 0 Å². The zero-order chi connectivity index (χ0) is 15.4. The van der Waals surface area contributed by atoms with Crippen LogP contribution in [0.1, 0.15) is 48.5 Å². The molecule has 0 aliphatic carbocycles. The third-order valence-corrected chi connectivity index (χ3v) is 4.82. The average Bonchev–Trinajstić information content (AvgIpc) is 2.20. The van der Waals surface area contributed by atoms with Crippen LogP contribution in [0.15, 0.2) is 0 Å². The van der Waals surface area contributed by atoms with Gasteiger partial charge in [-0.3, -0.25) is 4.79 Å². The molecule has 0 fully saturated rings. The highest BCUT2D eigenvalue weighted by Crippen LogP contribution is 2.22. The Kier molecular flexibility index (Phi) is 6.69. The van der Waals surface area contributed by atoms with Crippen LogP contribution in [0, 0.1) is 23.2 Å². The second-order valence-electron chi connectivity index (χ2n) is 6.93. The smallest absolute Gasteiger partial charge is 0.212 e. The Bertz CT molecular complexity index is 383. The summed E-state index contributed by atoms with van der Waals surface area (Å²) < 4.78 is 26.5. The highest BCUT2D eigenvalue weighted by Gasteiger charge is 2.27. The molecule has 0 aliphatic rings. The fraction of sp³-hybridized carbons (Fsp3) is 0.929. The largest absolute Gasteiger partial charge is 0.298 e. The molecular formula is C14H29NO3S. The Hall–Kier alpha value is -0.420. The van der Waals surface area contributed by atoms with Crippen LogP contribution in [-0.2, 0) is 14.8 Å². The first-order chi connectivity index (χ1) is 8.37. The van der Waals surface area contributed by atoms with E-state index in [1.807, 2.05) is 27.7 Å². The van der Waals surface area contributed by atoms with E-state index in [0.717, 1.165) is 0 Å². The maximum Gasteiger partial charge on any atom is 0.212 e. The van der Waals surface area contributed by atoms with E-state index >= 15 is 0 Å². The first kappa shape index (κ1) is 18.6. The van der Waals surface area contributed by atoms with Gasteiger partial charge in [-0.2, -0.15) is 0 Å². The van der Waals surface area contributed by atoms with Crippen molar-refractivity contribution in [2.45, 2.75) is 48.5 Å². The normalized spacial score (nSPS) is 13.6. The number of ketones is 1. The molecule has 0 saturated heterocycles. The number of hydrogen-bond donors (Lipinski definition) is 1. The van der Waals surface area contributed by atoms with Crippen LogP contribution in [-0.4, -0.2) is 26.5 Å². The Labute approximate surface area is 118 Å². The summed E-state index contributed by atoms with van der Waals surface area (Å²) in [4.78, 5) is 11.7. The molecule has 0 aliphatic heterocycles. The molecule has 0 amide bonds. The van der Waals surface area contributed by atoms with Crippen LogP contribution in [0.3, 0.4) is 0 Å². The van der Waals surface area contributed by atoms with E-state index in [2.05, 4.69) is 4.72 Å². The molecule has 0 atom stereocenters. The second-order valence-corrected chi connectivity index (χ2v) is 8.78. The maximum atomic E-state index is 12.0. The van der Waals surface area contributed by atoms with Crippen molar-refractivity contribution in [3.8, 4) is 0 Å². The van der Waals surface area contributed by atoms with Crippen molar-refractivity contribution in [1.29, 1.82) is 0 Å². The number of carbonyl (C=O) groups excluding carboxylic acids is 1. The SMILES string of the molecule is CC(C)C(CS(=O)(=O)NCC(=O)C(C)(C)C)C(C)C. The van der Waals surface area contributed by atoms with Crippen molar-refractivity contribution in [1.82, 2.24) is 4.72 Å². The van der Waals surface area contributed by atoms with Crippen molar-refractivity contribution >= 4 is 15.8 Å². The summed E-state index contributed by atoms with van der Waals surface area (Å²) in [5, 5.41) is 0. The predicted octanol–water partition coefficient (Wildman–Crippen LogP) is 2.45. The van der Waals surface area contributed by atoms with E-state index in [0.29, 0.717) is 11.8 Å².